The first kappa shape index (κ1) is 31.2. The Bertz CT molecular complexity index is 2130. The number of benzene rings is 5. The molecule has 2 heterocycles. The highest BCUT2D eigenvalue weighted by Gasteiger charge is 2.31. The predicted molar refractivity (Wildman–Crippen MR) is 196 cm³/mol. The fraction of sp³-hybridized carbons (Fsp3) is 0.0750. The van der Waals surface area contributed by atoms with E-state index in [0.29, 0.717) is 45.8 Å². The van der Waals surface area contributed by atoms with Crippen LogP contribution in [0.3, 0.4) is 0 Å². The van der Waals surface area contributed by atoms with Crippen molar-refractivity contribution in [1.82, 2.24) is 9.78 Å². The third kappa shape index (κ3) is 6.98. The predicted octanol–water partition coefficient (Wildman–Crippen LogP) is 9.66. The van der Waals surface area contributed by atoms with Gasteiger partial charge in [-0.15, -0.1) is 11.8 Å². The molecule has 1 aromatic heterocycles. The third-order valence-corrected chi connectivity index (χ3v) is 9.27. The van der Waals surface area contributed by atoms with Crippen LogP contribution in [0.2, 0.25) is 5.02 Å². The van der Waals surface area contributed by atoms with Crippen molar-refractivity contribution in [1.29, 1.82) is 0 Å². The molecular weight excluding hydrogens is 636 g/mol. The monoisotopic (exact) mass is 666 g/mol. The number of halogens is 1. The van der Waals surface area contributed by atoms with Crippen molar-refractivity contribution in [2.24, 2.45) is 5.10 Å². The molecule has 0 atom stereocenters. The molecule has 0 N–H and O–H groups in total. The summed E-state index contributed by atoms with van der Waals surface area (Å²) in [6, 6.07) is 43.3. The Balaban J connectivity index is 1.27. The SMILES string of the molecule is Cc1ccc(SCC2=NN(c3ccccc3)C(=O)/C2=C\c2cn(-c3ccccc3)nc2-c2cccc(OCc3ccccc3Cl)c2)cc1. The van der Waals surface area contributed by atoms with Gasteiger partial charge in [-0.05, 0) is 67.6 Å². The zero-order valence-corrected chi connectivity index (χ0v) is 27.7. The van der Waals surface area contributed by atoms with Gasteiger partial charge < -0.3 is 4.74 Å². The minimum absolute atomic E-state index is 0.184. The van der Waals surface area contributed by atoms with Crippen molar-refractivity contribution >= 4 is 46.7 Å². The van der Waals surface area contributed by atoms with Crippen LogP contribution in [0.1, 0.15) is 16.7 Å². The molecule has 0 unspecified atom stereocenters. The summed E-state index contributed by atoms with van der Waals surface area (Å²) in [6.45, 7) is 2.40. The molecule has 0 bridgehead atoms. The van der Waals surface area contributed by atoms with Crippen LogP contribution in [0.15, 0.2) is 155 Å². The summed E-state index contributed by atoms with van der Waals surface area (Å²) in [4.78, 5) is 15.2. The van der Waals surface area contributed by atoms with Crippen molar-refractivity contribution < 1.29 is 9.53 Å². The van der Waals surface area contributed by atoms with Crippen molar-refractivity contribution in [2.75, 3.05) is 10.8 Å². The van der Waals surface area contributed by atoms with Crippen LogP contribution in [0, 0.1) is 6.92 Å². The van der Waals surface area contributed by atoms with E-state index < -0.39 is 0 Å². The average Bonchev–Trinajstić information content (AvgIpc) is 3.69. The molecule has 1 amide bonds. The Labute approximate surface area is 289 Å². The molecule has 7 rings (SSSR count). The van der Waals surface area contributed by atoms with E-state index in [1.54, 1.807) is 11.8 Å². The molecule has 6 aromatic rings. The molecule has 0 fully saturated rings. The third-order valence-electron chi connectivity index (χ3n) is 7.87. The van der Waals surface area contributed by atoms with Crippen LogP contribution in [-0.4, -0.2) is 27.2 Å². The summed E-state index contributed by atoms with van der Waals surface area (Å²) in [6.07, 6.45) is 3.87. The molecule has 0 radical (unpaired) electrons. The maximum absolute atomic E-state index is 14.1. The summed E-state index contributed by atoms with van der Waals surface area (Å²) in [5.41, 5.74) is 7.30. The van der Waals surface area contributed by atoms with E-state index in [0.717, 1.165) is 27.3 Å². The summed E-state index contributed by atoms with van der Waals surface area (Å²) in [7, 11) is 0. The first-order valence-electron chi connectivity index (χ1n) is 15.5. The van der Waals surface area contributed by atoms with Gasteiger partial charge in [0, 0.05) is 38.6 Å². The summed E-state index contributed by atoms with van der Waals surface area (Å²) in [5, 5.41) is 12.0. The van der Waals surface area contributed by atoms with E-state index in [4.69, 9.17) is 26.5 Å². The lowest BCUT2D eigenvalue weighted by molar-refractivity contribution is -0.114. The summed E-state index contributed by atoms with van der Waals surface area (Å²) >= 11 is 8.03. The second-order valence-corrected chi connectivity index (χ2v) is 12.7. The maximum Gasteiger partial charge on any atom is 0.280 e. The maximum atomic E-state index is 14.1. The number of amides is 1. The van der Waals surface area contributed by atoms with Crippen LogP contribution in [-0.2, 0) is 11.4 Å². The smallest absolute Gasteiger partial charge is 0.280 e. The molecule has 1 aliphatic rings. The molecule has 5 aromatic carbocycles. The van der Waals surface area contributed by atoms with Gasteiger partial charge in [0.05, 0.1) is 22.7 Å². The van der Waals surface area contributed by atoms with Crippen LogP contribution in [0.4, 0.5) is 5.69 Å². The van der Waals surface area contributed by atoms with Crippen LogP contribution in [0.5, 0.6) is 5.75 Å². The fourth-order valence-electron chi connectivity index (χ4n) is 5.34. The molecular formula is C40H31ClN4O2S. The van der Waals surface area contributed by atoms with Crippen molar-refractivity contribution in [3.8, 4) is 22.7 Å². The lowest BCUT2D eigenvalue weighted by atomic mass is 10.0. The minimum atomic E-state index is -0.184. The highest BCUT2D eigenvalue weighted by atomic mass is 35.5. The van der Waals surface area contributed by atoms with Gasteiger partial charge in [-0.3, -0.25) is 4.79 Å². The highest BCUT2D eigenvalue weighted by Crippen LogP contribution is 2.33. The standard InChI is InChI=1S/C40H31ClN4O2S/c1-28-19-21-35(22-20-28)48-27-38-36(40(46)45(42-38)33-15-6-3-7-16-33)24-31-25-44(32-13-4-2-5-14-32)43-39(31)29-12-10-17-34(23-29)47-26-30-11-8-9-18-37(30)41/h2-25H,26-27H2,1H3/b36-24-. The average molecular weight is 667 g/mol. The van der Waals surface area contributed by atoms with Crippen LogP contribution in [0.25, 0.3) is 23.0 Å². The molecule has 236 valence electrons. The molecule has 48 heavy (non-hydrogen) atoms. The minimum Gasteiger partial charge on any atom is -0.489 e. The first-order chi connectivity index (χ1) is 23.5. The van der Waals surface area contributed by atoms with Gasteiger partial charge in [0.15, 0.2) is 0 Å². The quantitative estimate of drug-likeness (QED) is 0.108. The van der Waals surface area contributed by atoms with Gasteiger partial charge >= 0.3 is 0 Å². The zero-order chi connectivity index (χ0) is 32.9. The number of carbonyl (C=O) groups excluding carboxylic acids is 1. The number of aryl methyl sites for hydroxylation is 1. The number of hydrogen-bond acceptors (Lipinski definition) is 5. The fourth-order valence-corrected chi connectivity index (χ4v) is 6.37. The number of hydrogen-bond donors (Lipinski definition) is 0. The molecule has 1 aliphatic heterocycles. The van der Waals surface area contributed by atoms with Gasteiger partial charge in [-0.2, -0.15) is 15.2 Å². The molecule has 8 heteroatoms. The molecule has 6 nitrogen and oxygen atoms in total. The van der Waals surface area contributed by atoms with Gasteiger partial charge in [0.25, 0.3) is 5.91 Å². The van der Waals surface area contributed by atoms with E-state index in [2.05, 4.69) is 31.2 Å². The Morgan fingerprint density at radius 2 is 1.52 bits per heavy atom. The number of carbonyl (C=O) groups is 1. The Morgan fingerprint density at radius 1 is 0.812 bits per heavy atom. The Morgan fingerprint density at radius 3 is 2.27 bits per heavy atom. The first-order valence-corrected chi connectivity index (χ1v) is 16.9. The number of anilines is 1. The van der Waals surface area contributed by atoms with Gasteiger partial charge in [0.2, 0.25) is 0 Å². The van der Waals surface area contributed by atoms with E-state index in [1.807, 2.05) is 126 Å². The highest BCUT2D eigenvalue weighted by molar-refractivity contribution is 8.00. The second-order valence-electron chi connectivity index (χ2n) is 11.3. The van der Waals surface area contributed by atoms with Gasteiger partial charge in [0.1, 0.15) is 18.1 Å². The van der Waals surface area contributed by atoms with Gasteiger partial charge in [-0.25, -0.2) is 4.68 Å². The Hall–Kier alpha value is -5.37. The van der Waals surface area contributed by atoms with Crippen molar-refractivity contribution in [3.63, 3.8) is 0 Å². The number of hydrazone groups is 1. The molecule has 0 aliphatic carbocycles. The number of rotatable bonds is 10. The van der Waals surface area contributed by atoms with E-state index in [-0.39, 0.29) is 5.91 Å². The van der Waals surface area contributed by atoms with Gasteiger partial charge in [-0.1, -0.05) is 96.0 Å². The number of nitrogens with zero attached hydrogens (tertiary/aromatic N) is 4. The second kappa shape index (κ2) is 14.2. The van der Waals surface area contributed by atoms with Crippen LogP contribution < -0.4 is 9.75 Å². The summed E-state index contributed by atoms with van der Waals surface area (Å²) < 4.78 is 8.00. The van der Waals surface area contributed by atoms with Crippen molar-refractivity contribution in [3.05, 3.63) is 167 Å². The van der Waals surface area contributed by atoms with E-state index in [9.17, 15) is 4.79 Å². The lowest BCUT2D eigenvalue weighted by Crippen LogP contribution is -2.21. The number of para-hydroxylation sites is 2. The normalized spacial score (nSPS) is 13.6. The van der Waals surface area contributed by atoms with Crippen LogP contribution >= 0.6 is 23.4 Å². The largest absolute Gasteiger partial charge is 0.489 e. The molecule has 0 spiro atoms. The van der Waals surface area contributed by atoms with E-state index in [1.165, 1.54) is 10.6 Å². The molecule has 0 saturated heterocycles. The number of aromatic nitrogens is 2. The lowest BCUT2D eigenvalue weighted by Gasteiger charge is -2.11. The molecule has 0 saturated carbocycles. The Kier molecular flexibility index (Phi) is 9.23. The van der Waals surface area contributed by atoms with E-state index >= 15 is 0 Å². The zero-order valence-electron chi connectivity index (χ0n) is 26.2. The summed E-state index contributed by atoms with van der Waals surface area (Å²) in [5.74, 6) is 1.03. The number of ether oxygens (including phenoxy) is 1. The number of thioether (sulfide) groups is 1. The van der Waals surface area contributed by atoms with Crippen molar-refractivity contribution in [2.45, 2.75) is 18.4 Å². The topological polar surface area (TPSA) is 59.7 Å².